The van der Waals surface area contributed by atoms with Gasteiger partial charge in [0.15, 0.2) is 0 Å². The third kappa shape index (κ3) is 12.2. The van der Waals surface area contributed by atoms with E-state index in [4.69, 9.17) is 9.29 Å². The first-order valence-electron chi connectivity index (χ1n) is 12.0. The van der Waals surface area contributed by atoms with E-state index in [1.807, 2.05) is 12.1 Å². The topological polar surface area (TPSA) is 86.7 Å². The number of hydrogen-bond acceptors (Lipinski definition) is 4. The van der Waals surface area contributed by atoms with Crippen LogP contribution in [-0.2, 0) is 16.5 Å². The minimum Gasteiger partial charge on any atom is -0.869 e. The van der Waals surface area contributed by atoms with Gasteiger partial charge in [-0.1, -0.05) is 95.8 Å². The molecule has 0 aliphatic rings. The second-order valence-corrected chi connectivity index (χ2v) is 9.83. The normalized spacial score (nSPS) is 11.2. The van der Waals surface area contributed by atoms with Crippen molar-refractivity contribution in [3.8, 4) is 17.2 Å². The van der Waals surface area contributed by atoms with Crippen molar-refractivity contribution < 1.29 is 74.2 Å². The molecule has 0 bridgehead atoms. The number of aryl methyl sites for hydroxylation is 1. The Hall–Kier alpha value is -0.414. The Morgan fingerprint density at radius 1 is 0.788 bits per heavy atom. The van der Waals surface area contributed by atoms with Crippen molar-refractivity contribution >= 4 is 10.1 Å². The molecule has 0 spiro atoms. The molecule has 7 heteroatoms. The van der Waals surface area contributed by atoms with Crippen molar-refractivity contribution in [2.24, 2.45) is 0 Å². The van der Waals surface area contributed by atoms with E-state index in [0.717, 1.165) is 18.9 Å². The third-order valence-corrected chi connectivity index (χ3v) is 6.57. The van der Waals surface area contributed by atoms with Gasteiger partial charge >= 0.3 is 51.4 Å². The van der Waals surface area contributed by atoms with E-state index < -0.39 is 20.8 Å². The fraction of sp³-hybridized carbons (Fsp3) is 0.538. The molecule has 0 heterocycles. The van der Waals surface area contributed by atoms with Gasteiger partial charge in [0, 0.05) is 0 Å². The van der Waals surface area contributed by atoms with Crippen molar-refractivity contribution in [1.82, 2.24) is 0 Å². The van der Waals surface area contributed by atoms with Crippen LogP contribution in [0.4, 0.5) is 0 Å². The predicted molar refractivity (Wildman–Crippen MR) is 127 cm³/mol. The molecule has 0 aliphatic carbocycles. The monoisotopic (exact) mass is 500 g/mol. The average Bonchev–Trinajstić information content (AvgIpc) is 2.76. The van der Waals surface area contributed by atoms with E-state index in [0.29, 0.717) is 5.75 Å². The Bertz CT molecular complexity index is 897. The van der Waals surface area contributed by atoms with Crippen LogP contribution in [0.25, 0.3) is 0 Å². The van der Waals surface area contributed by atoms with Crippen molar-refractivity contribution in [3.63, 3.8) is 0 Å². The van der Waals surface area contributed by atoms with Crippen molar-refractivity contribution in [2.75, 3.05) is 0 Å². The maximum absolute atomic E-state index is 12.2. The quantitative estimate of drug-likeness (QED) is 0.213. The second kappa shape index (κ2) is 17.1. The van der Waals surface area contributed by atoms with Crippen LogP contribution in [0.2, 0.25) is 0 Å². The zero-order valence-electron chi connectivity index (χ0n) is 20.2. The van der Waals surface area contributed by atoms with Crippen molar-refractivity contribution in [2.45, 2.75) is 95.3 Å². The van der Waals surface area contributed by atoms with Gasteiger partial charge in [-0.15, -0.1) is 0 Å². The fourth-order valence-electron chi connectivity index (χ4n) is 3.80. The molecule has 0 saturated heterocycles. The first-order valence-corrected chi connectivity index (χ1v) is 13.4. The number of hydrogen-bond donors (Lipinski definition) is 1. The maximum atomic E-state index is 12.2. The van der Waals surface area contributed by atoms with E-state index in [9.17, 15) is 13.5 Å². The summed E-state index contributed by atoms with van der Waals surface area (Å²) in [6.07, 6.45) is 17.0. The Kier molecular flexibility index (Phi) is 15.9. The van der Waals surface area contributed by atoms with Gasteiger partial charge in [-0.3, -0.25) is 4.55 Å². The third-order valence-electron chi connectivity index (χ3n) is 5.69. The zero-order chi connectivity index (χ0) is 23.2. The van der Waals surface area contributed by atoms with Crippen LogP contribution in [-0.4, -0.2) is 13.0 Å². The molecule has 0 atom stereocenters. The van der Waals surface area contributed by atoms with E-state index in [1.165, 1.54) is 88.3 Å². The molecular weight excluding hydrogens is 463 g/mol. The summed E-state index contributed by atoms with van der Waals surface area (Å²) < 4.78 is 37.2. The van der Waals surface area contributed by atoms with Gasteiger partial charge in [0.1, 0.15) is 11.5 Å². The summed E-state index contributed by atoms with van der Waals surface area (Å²) >= 11 is 0. The maximum Gasteiger partial charge on any atom is 1.00 e. The van der Waals surface area contributed by atoms with E-state index >= 15 is 0 Å². The van der Waals surface area contributed by atoms with Crippen molar-refractivity contribution in [3.05, 3.63) is 48.0 Å². The molecule has 5 nitrogen and oxygen atoms in total. The van der Waals surface area contributed by atoms with Gasteiger partial charge < -0.3 is 9.84 Å². The first-order chi connectivity index (χ1) is 15.4. The van der Waals surface area contributed by atoms with Gasteiger partial charge in [-0.2, -0.15) is 8.42 Å². The van der Waals surface area contributed by atoms with Crippen LogP contribution in [0, 0.1) is 0 Å². The molecular formula is C26H37KO5S. The summed E-state index contributed by atoms with van der Waals surface area (Å²) in [6.45, 7) is 2.26. The van der Waals surface area contributed by atoms with E-state index in [1.54, 1.807) is 12.1 Å². The van der Waals surface area contributed by atoms with E-state index in [-0.39, 0.29) is 57.1 Å². The molecule has 0 fully saturated rings. The number of ether oxygens (including phenoxy) is 1. The SMILES string of the molecule is CCCCCCCCCCCCCCc1ccc(Oc2cccc(S(=O)(=O)O)c2[O-])cc1.[K+]. The predicted octanol–water partition coefficient (Wildman–Crippen LogP) is 4.05. The van der Waals surface area contributed by atoms with Crippen LogP contribution < -0.4 is 61.2 Å². The minimum atomic E-state index is -4.57. The summed E-state index contributed by atoms with van der Waals surface area (Å²) in [4.78, 5) is -0.682. The average molecular weight is 501 g/mol. The first kappa shape index (κ1) is 30.6. The number of unbranched alkanes of at least 4 members (excludes halogenated alkanes) is 11. The Balaban J connectivity index is 0.00000544. The molecule has 0 aromatic heterocycles. The Morgan fingerprint density at radius 3 is 1.82 bits per heavy atom. The largest absolute Gasteiger partial charge is 1.00 e. The van der Waals surface area contributed by atoms with Gasteiger partial charge in [0.2, 0.25) is 0 Å². The molecule has 0 amide bonds. The summed E-state index contributed by atoms with van der Waals surface area (Å²) in [5.74, 6) is -0.530. The smallest absolute Gasteiger partial charge is 0.869 e. The van der Waals surface area contributed by atoms with Crippen LogP contribution >= 0.6 is 0 Å². The van der Waals surface area contributed by atoms with Gasteiger partial charge in [-0.25, -0.2) is 0 Å². The van der Waals surface area contributed by atoms with Crippen LogP contribution in [0.1, 0.15) is 89.5 Å². The van der Waals surface area contributed by atoms with Crippen LogP contribution in [0.5, 0.6) is 17.2 Å². The summed E-state index contributed by atoms with van der Waals surface area (Å²) in [6, 6.07) is 11.3. The summed E-state index contributed by atoms with van der Waals surface area (Å²) in [5.41, 5.74) is 1.21. The second-order valence-electron chi connectivity index (χ2n) is 8.44. The molecule has 0 unspecified atom stereocenters. The molecule has 33 heavy (non-hydrogen) atoms. The van der Waals surface area contributed by atoms with Crippen molar-refractivity contribution in [1.29, 1.82) is 0 Å². The fourth-order valence-corrected chi connectivity index (χ4v) is 4.39. The molecule has 2 aromatic carbocycles. The molecule has 2 aromatic rings. The standard InChI is InChI=1S/C26H38O5S.K/c1-2-3-4-5-6-7-8-9-10-11-12-13-15-22-18-20-23(21-19-22)31-24-16-14-17-25(26(24)27)32(28,29)30;/h14,16-21,27H,2-13,15H2,1H3,(H,28,29,30);/q;+1/p-1. The van der Waals surface area contributed by atoms with Crippen LogP contribution in [0.15, 0.2) is 47.4 Å². The summed E-state index contributed by atoms with van der Waals surface area (Å²) in [5, 5.41) is 12.2. The Labute approximate surface area is 242 Å². The van der Waals surface area contributed by atoms with Gasteiger partial charge in [0.05, 0.1) is 4.90 Å². The molecule has 178 valence electrons. The molecule has 1 N–H and O–H groups in total. The van der Waals surface area contributed by atoms with Gasteiger partial charge in [0.25, 0.3) is 10.1 Å². The summed E-state index contributed by atoms with van der Waals surface area (Å²) in [7, 11) is -4.57. The zero-order valence-corrected chi connectivity index (χ0v) is 24.2. The van der Waals surface area contributed by atoms with Gasteiger partial charge in [-0.05, 0) is 48.4 Å². The number of rotatable bonds is 16. The molecule has 2 rings (SSSR count). The van der Waals surface area contributed by atoms with E-state index in [2.05, 4.69) is 6.92 Å². The minimum absolute atomic E-state index is 0. The van der Waals surface area contributed by atoms with Crippen LogP contribution in [0.3, 0.4) is 0 Å². The number of benzene rings is 2. The molecule has 0 aliphatic heterocycles. The Morgan fingerprint density at radius 2 is 1.30 bits per heavy atom. The number of para-hydroxylation sites is 1. The molecule has 0 radical (unpaired) electrons. The molecule has 0 saturated carbocycles.